The number of carbonyl (C=O) groups is 2. The summed E-state index contributed by atoms with van der Waals surface area (Å²) in [5.74, 6) is -0.278. The zero-order valence-electron chi connectivity index (χ0n) is 13.2. The minimum Gasteiger partial charge on any atom is -0.352 e. The number of amides is 2. The predicted octanol–water partition coefficient (Wildman–Crippen LogP) is 4.10. The molecular weight excluding hydrogens is 436 g/mol. The quantitative estimate of drug-likeness (QED) is 0.691. The summed E-state index contributed by atoms with van der Waals surface area (Å²) in [4.78, 5) is 23.7. The van der Waals surface area contributed by atoms with Crippen LogP contribution in [0.4, 0.5) is 0 Å². The highest BCUT2D eigenvalue weighted by Crippen LogP contribution is 2.20. The highest BCUT2D eigenvalue weighted by atomic mass is 79.9. The molecule has 4 nitrogen and oxygen atoms in total. The second kappa shape index (κ2) is 8.99. The molecule has 0 aromatic heterocycles. The van der Waals surface area contributed by atoms with Crippen LogP contribution >= 0.6 is 31.9 Å². The normalized spacial score (nSPS) is 11.6. The van der Waals surface area contributed by atoms with Gasteiger partial charge in [0.25, 0.3) is 0 Å². The summed E-state index contributed by atoms with van der Waals surface area (Å²) in [6, 6.07) is 15.0. The molecular formula is C18H18Br2N2O2. The second-order valence-electron chi connectivity index (χ2n) is 5.42. The first kappa shape index (κ1) is 18.7. The van der Waals surface area contributed by atoms with E-state index in [1.165, 1.54) is 6.92 Å². The highest BCUT2D eigenvalue weighted by molar-refractivity contribution is 9.10. The molecule has 0 spiro atoms. The van der Waals surface area contributed by atoms with Crippen LogP contribution in [0, 0.1) is 0 Å². The molecule has 2 rings (SSSR count). The third kappa shape index (κ3) is 6.09. The summed E-state index contributed by atoms with van der Waals surface area (Å²) >= 11 is 6.79. The Hall–Kier alpha value is -1.66. The lowest BCUT2D eigenvalue weighted by Gasteiger charge is -2.18. The van der Waals surface area contributed by atoms with E-state index in [9.17, 15) is 9.59 Å². The summed E-state index contributed by atoms with van der Waals surface area (Å²) < 4.78 is 1.92. The average Bonchev–Trinajstić information content (AvgIpc) is 2.53. The van der Waals surface area contributed by atoms with E-state index in [0.717, 1.165) is 20.1 Å². The van der Waals surface area contributed by atoms with Gasteiger partial charge in [-0.25, -0.2) is 0 Å². The lowest BCUT2D eigenvalue weighted by Crippen LogP contribution is -2.32. The predicted molar refractivity (Wildman–Crippen MR) is 101 cm³/mol. The van der Waals surface area contributed by atoms with Crippen LogP contribution in [-0.4, -0.2) is 11.8 Å². The molecule has 1 atom stereocenters. The van der Waals surface area contributed by atoms with Gasteiger partial charge in [-0.2, -0.15) is 0 Å². The Morgan fingerprint density at radius 3 is 2.38 bits per heavy atom. The topological polar surface area (TPSA) is 58.2 Å². The zero-order chi connectivity index (χ0) is 17.5. The van der Waals surface area contributed by atoms with Crippen molar-refractivity contribution in [1.29, 1.82) is 0 Å². The van der Waals surface area contributed by atoms with Crippen LogP contribution in [0.25, 0.3) is 0 Å². The van der Waals surface area contributed by atoms with Gasteiger partial charge in [0.15, 0.2) is 0 Å². The number of carbonyl (C=O) groups excluding carboxylic acids is 2. The summed E-state index contributed by atoms with van der Waals surface area (Å²) in [7, 11) is 0. The van der Waals surface area contributed by atoms with Gasteiger partial charge in [0.05, 0.1) is 12.5 Å². The van der Waals surface area contributed by atoms with Gasteiger partial charge < -0.3 is 10.6 Å². The highest BCUT2D eigenvalue weighted by Gasteiger charge is 2.17. The molecule has 0 aliphatic carbocycles. The Morgan fingerprint density at radius 2 is 1.75 bits per heavy atom. The number of hydrogen-bond acceptors (Lipinski definition) is 2. The van der Waals surface area contributed by atoms with Crippen LogP contribution in [0.1, 0.15) is 30.5 Å². The molecule has 2 amide bonds. The summed E-state index contributed by atoms with van der Waals surface area (Å²) in [6.07, 6.45) is 0.190. The molecule has 0 bridgehead atoms. The molecule has 2 aromatic rings. The van der Waals surface area contributed by atoms with Crippen molar-refractivity contribution >= 4 is 43.7 Å². The van der Waals surface area contributed by atoms with Crippen molar-refractivity contribution in [3.8, 4) is 0 Å². The maximum atomic E-state index is 12.3. The molecule has 24 heavy (non-hydrogen) atoms. The molecule has 126 valence electrons. The number of hydrogen-bond donors (Lipinski definition) is 2. The van der Waals surface area contributed by atoms with Crippen molar-refractivity contribution in [2.45, 2.75) is 25.9 Å². The molecule has 2 N–H and O–H groups in total. The molecule has 0 aliphatic rings. The van der Waals surface area contributed by atoms with Gasteiger partial charge in [-0.1, -0.05) is 56.1 Å². The molecule has 1 unspecified atom stereocenters. The van der Waals surface area contributed by atoms with E-state index < -0.39 is 0 Å². The minimum atomic E-state index is -0.349. The van der Waals surface area contributed by atoms with Gasteiger partial charge in [-0.3, -0.25) is 9.59 Å². The Kier molecular flexibility index (Phi) is 6.99. The first-order valence-electron chi connectivity index (χ1n) is 7.48. The fourth-order valence-corrected chi connectivity index (χ4v) is 3.01. The van der Waals surface area contributed by atoms with Crippen LogP contribution in [0.2, 0.25) is 0 Å². The van der Waals surface area contributed by atoms with Crippen molar-refractivity contribution < 1.29 is 9.59 Å². The van der Waals surface area contributed by atoms with Crippen LogP contribution < -0.4 is 10.6 Å². The molecule has 0 heterocycles. The molecule has 0 radical (unpaired) electrons. The first-order valence-corrected chi connectivity index (χ1v) is 9.06. The van der Waals surface area contributed by atoms with E-state index in [0.29, 0.717) is 6.54 Å². The van der Waals surface area contributed by atoms with Gasteiger partial charge in [-0.15, -0.1) is 0 Å². The molecule has 0 saturated carbocycles. The van der Waals surface area contributed by atoms with Gasteiger partial charge in [0.2, 0.25) is 11.8 Å². The Labute approximate surface area is 158 Å². The average molecular weight is 454 g/mol. The SMILES string of the molecule is CC(=O)NC(CC(=O)NCc1cccc(Br)c1)c1ccc(Br)cc1. The first-order chi connectivity index (χ1) is 11.4. The standard InChI is InChI=1S/C18H18Br2N2O2/c1-12(23)22-17(14-5-7-15(19)8-6-14)10-18(24)21-11-13-3-2-4-16(20)9-13/h2-9,17H,10-11H2,1H3,(H,21,24)(H,22,23). The third-order valence-corrected chi connectivity index (χ3v) is 4.44. The van der Waals surface area contributed by atoms with Gasteiger partial charge in [-0.05, 0) is 35.4 Å². The molecule has 6 heteroatoms. The van der Waals surface area contributed by atoms with Crippen LogP contribution in [0.15, 0.2) is 57.5 Å². The monoisotopic (exact) mass is 452 g/mol. The maximum absolute atomic E-state index is 12.3. The lowest BCUT2D eigenvalue weighted by atomic mass is 10.0. The lowest BCUT2D eigenvalue weighted by molar-refractivity contribution is -0.122. The van der Waals surface area contributed by atoms with E-state index in [1.807, 2.05) is 48.5 Å². The summed E-state index contributed by atoms with van der Waals surface area (Å²) in [5, 5.41) is 5.72. The summed E-state index contributed by atoms with van der Waals surface area (Å²) in [6.45, 7) is 1.90. The number of rotatable bonds is 6. The Bertz CT molecular complexity index is 717. The Balaban J connectivity index is 1.99. The minimum absolute atomic E-state index is 0.114. The molecule has 0 saturated heterocycles. The van der Waals surface area contributed by atoms with Crippen molar-refractivity contribution in [2.24, 2.45) is 0 Å². The van der Waals surface area contributed by atoms with E-state index in [1.54, 1.807) is 0 Å². The number of benzene rings is 2. The number of nitrogens with one attached hydrogen (secondary N) is 2. The van der Waals surface area contributed by atoms with E-state index in [2.05, 4.69) is 42.5 Å². The van der Waals surface area contributed by atoms with Crippen LogP contribution in [0.5, 0.6) is 0 Å². The van der Waals surface area contributed by atoms with Crippen molar-refractivity contribution in [2.75, 3.05) is 0 Å². The third-order valence-electron chi connectivity index (χ3n) is 3.42. The molecule has 0 aliphatic heterocycles. The molecule has 2 aromatic carbocycles. The van der Waals surface area contributed by atoms with Crippen LogP contribution in [0.3, 0.4) is 0 Å². The largest absolute Gasteiger partial charge is 0.352 e. The van der Waals surface area contributed by atoms with Crippen molar-refractivity contribution in [1.82, 2.24) is 10.6 Å². The van der Waals surface area contributed by atoms with Crippen molar-refractivity contribution in [3.63, 3.8) is 0 Å². The second-order valence-corrected chi connectivity index (χ2v) is 7.25. The summed E-state index contributed by atoms with van der Waals surface area (Å²) in [5.41, 5.74) is 1.91. The Morgan fingerprint density at radius 1 is 1.04 bits per heavy atom. The zero-order valence-corrected chi connectivity index (χ0v) is 16.4. The van der Waals surface area contributed by atoms with E-state index >= 15 is 0 Å². The fraction of sp³-hybridized carbons (Fsp3) is 0.222. The van der Waals surface area contributed by atoms with E-state index in [4.69, 9.17) is 0 Å². The van der Waals surface area contributed by atoms with Gasteiger partial charge in [0.1, 0.15) is 0 Å². The molecule has 0 fully saturated rings. The van der Waals surface area contributed by atoms with E-state index in [-0.39, 0.29) is 24.3 Å². The van der Waals surface area contributed by atoms with Gasteiger partial charge in [0, 0.05) is 22.4 Å². The van der Waals surface area contributed by atoms with Crippen LogP contribution in [-0.2, 0) is 16.1 Å². The smallest absolute Gasteiger partial charge is 0.222 e. The number of halogens is 2. The van der Waals surface area contributed by atoms with Gasteiger partial charge >= 0.3 is 0 Å². The fourth-order valence-electron chi connectivity index (χ4n) is 2.30. The van der Waals surface area contributed by atoms with Crippen molar-refractivity contribution in [3.05, 3.63) is 68.6 Å². The maximum Gasteiger partial charge on any atom is 0.222 e.